The molecule has 1 aromatic carbocycles. The number of pyridine rings is 1. The average molecular weight is 306 g/mol. The number of benzene rings is 1. The monoisotopic (exact) mass is 305 g/mol. The Bertz CT molecular complexity index is 604. The molecular formula is C16H20ClN3O. The van der Waals surface area contributed by atoms with Crippen molar-refractivity contribution in [3.8, 4) is 5.75 Å². The molecule has 3 N–H and O–H groups in total. The molecule has 0 aliphatic carbocycles. The van der Waals surface area contributed by atoms with Crippen LogP contribution in [0.5, 0.6) is 5.75 Å². The zero-order valence-electron chi connectivity index (χ0n) is 12.3. The Labute approximate surface area is 130 Å². The van der Waals surface area contributed by atoms with Gasteiger partial charge in [-0.2, -0.15) is 0 Å². The van der Waals surface area contributed by atoms with Crippen LogP contribution < -0.4 is 15.8 Å². The molecule has 2 aromatic rings. The largest absolute Gasteiger partial charge is 0.497 e. The number of ether oxygens (including phenoxy) is 1. The van der Waals surface area contributed by atoms with E-state index < -0.39 is 0 Å². The molecule has 1 atom stereocenters. The Balaban J connectivity index is 2.44. The number of nitrogen functional groups attached to an aromatic ring is 1. The van der Waals surface area contributed by atoms with E-state index in [2.05, 4.69) is 17.2 Å². The number of hydrogen-bond acceptors (Lipinski definition) is 4. The lowest BCUT2D eigenvalue weighted by molar-refractivity contribution is 0.413. The van der Waals surface area contributed by atoms with Crippen LogP contribution in [0.15, 0.2) is 36.5 Å². The molecule has 21 heavy (non-hydrogen) atoms. The van der Waals surface area contributed by atoms with Crippen molar-refractivity contribution in [3.05, 3.63) is 52.7 Å². The van der Waals surface area contributed by atoms with Gasteiger partial charge in [-0.15, -0.1) is 0 Å². The standard InChI is InChI=1S/C16H20ClN3O/c1-3-7-19-15(11-5-4-6-13(8-11)21-2)14-9-12(17)10-20-16(14)18/h4-6,8-10,15,19H,3,7H2,1-2H3,(H2,18,20). The van der Waals surface area contributed by atoms with Crippen LogP contribution in [0.2, 0.25) is 5.02 Å². The Kier molecular flexibility index (Phi) is 5.42. The van der Waals surface area contributed by atoms with E-state index in [9.17, 15) is 0 Å². The summed E-state index contributed by atoms with van der Waals surface area (Å²) in [6.45, 7) is 2.99. The fourth-order valence-electron chi connectivity index (χ4n) is 2.21. The van der Waals surface area contributed by atoms with Gasteiger partial charge in [-0.25, -0.2) is 4.98 Å². The van der Waals surface area contributed by atoms with Gasteiger partial charge in [0.1, 0.15) is 11.6 Å². The SMILES string of the molecule is CCCNC(c1cccc(OC)c1)c1cc(Cl)cnc1N. The summed E-state index contributed by atoms with van der Waals surface area (Å²) in [5.74, 6) is 1.29. The molecule has 0 spiro atoms. The summed E-state index contributed by atoms with van der Waals surface area (Å²) in [5.41, 5.74) is 7.98. The van der Waals surface area contributed by atoms with Crippen LogP contribution in [0.3, 0.4) is 0 Å². The predicted molar refractivity (Wildman–Crippen MR) is 86.8 cm³/mol. The molecule has 0 aliphatic rings. The van der Waals surface area contributed by atoms with Gasteiger partial charge < -0.3 is 15.8 Å². The van der Waals surface area contributed by atoms with Gasteiger partial charge in [0.15, 0.2) is 0 Å². The van der Waals surface area contributed by atoms with E-state index in [0.29, 0.717) is 10.8 Å². The molecule has 0 amide bonds. The second-order valence-corrected chi connectivity index (χ2v) is 5.23. The molecular weight excluding hydrogens is 286 g/mol. The van der Waals surface area contributed by atoms with E-state index in [1.165, 1.54) is 0 Å². The van der Waals surface area contributed by atoms with Crippen LogP contribution in [0.1, 0.15) is 30.5 Å². The average Bonchev–Trinajstić information content (AvgIpc) is 2.51. The van der Waals surface area contributed by atoms with Crippen LogP contribution in [0.25, 0.3) is 0 Å². The molecule has 5 heteroatoms. The number of nitrogens with one attached hydrogen (secondary N) is 1. The first kappa shape index (κ1) is 15.6. The summed E-state index contributed by atoms with van der Waals surface area (Å²) in [6.07, 6.45) is 2.58. The lowest BCUT2D eigenvalue weighted by Gasteiger charge is -2.21. The van der Waals surface area contributed by atoms with E-state index in [1.807, 2.05) is 30.3 Å². The third-order valence-electron chi connectivity index (χ3n) is 3.25. The Morgan fingerprint density at radius 1 is 1.38 bits per heavy atom. The molecule has 0 fully saturated rings. The van der Waals surface area contributed by atoms with Gasteiger partial charge in [-0.1, -0.05) is 30.7 Å². The molecule has 1 heterocycles. The summed E-state index contributed by atoms with van der Waals surface area (Å²) in [5, 5.41) is 4.06. The number of rotatable bonds is 6. The number of hydrogen-bond donors (Lipinski definition) is 2. The summed E-state index contributed by atoms with van der Waals surface area (Å²) < 4.78 is 5.30. The topological polar surface area (TPSA) is 60.2 Å². The number of nitrogens with two attached hydrogens (primary N) is 1. The summed E-state index contributed by atoms with van der Waals surface area (Å²) in [6, 6.07) is 9.70. The number of anilines is 1. The van der Waals surface area contributed by atoms with Crippen molar-refractivity contribution < 1.29 is 4.74 Å². The minimum atomic E-state index is -0.0637. The molecule has 0 saturated carbocycles. The first-order valence-electron chi connectivity index (χ1n) is 6.94. The minimum absolute atomic E-state index is 0.0637. The smallest absolute Gasteiger partial charge is 0.128 e. The first-order valence-corrected chi connectivity index (χ1v) is 7.31. The van der Waals surface area contributed by atoms with Crippen LogP contribution >= 0.6 is 11.6 Å². The number of aromatic nitrogens is 1. The van der Waals surface area contributed by atoms with Crippen molar-refractivity contribution in [1.29, 1.82) is 0 Å². The number of nitrogens with zero attached hydrogens (tertiary/aromatic N) is 1. The highest BCUT2D eigenvalue weighted by molar-refractivity contribution is 6.30. The minimum Gasteiger partial charge on any atom is -0.497 e. The molecule has 0 aliphatic heterocycles. The summed E-state index contributed by atoms with van der Waals surface area (Å²) in [4.78, 5) is 4.15. The van der Waals surface area contributed by atoms with Gasteiger partial charge in [-0.05, 0) is 36.7 Å². The Hall–Kier alpha value is -1.78. The van der Waals surface area contributed by atoms with Gasteiger partial charge in [-0.3, -0.25) is 0 Å². The molecule has 0 bridgehead atoms. The van der Waals surface area contributed by atoms with Crippen molar-refractivity contribution in [2.24, 2.45) is 0 Å². The van der Waals surface area contributed by atoms with Crippen molar-refractivity contribution in [3.63, 3.8) is 0 Å². The van der Waals surface area contributed by atoms with Crippen molar-refractivity contribution >= 4 is 17.4 Å². The van der Waals surface area contributed by atoms with Gasteiger partial charge in [0.05, 0.1) is 18.2 Å². The third-order valence-corrected chi connectivity index (χ3v) is 3.46. The maximum atomic E-state index is 6.07. The molecule has 0 saturated heterocycles. The second-order valence-electron chi connectivity index (χ2n) is 4.79. The van der Waals surface area contributed by atoms with Crippen molar-refractivity contribution in [2.45, 2.75) is 19.4 Å². The molecule has 4 nitrogen and oxygen atoms in total. The van der Waals surface area contributed by atoms with E-state index in [4.69, 9.17) is 22.1 Å². The molecule has 112 valence electrons. The number of halogens is 1. The zero-order valence-corrected chi connectivity index (χ0v) is 13.0. The summed E-state index contributed by atoms with van der Waals surface area (Å²) in [7, 11) is 1.66. The fraction of sp³-hybridized carbons (Fsp3) is 0.312. The lowest BCUT2D eigenvalue weighted by atomic mass is 9.98. The van der Waals surface area contributed by atoms with Gasteiger partial charge >= 0.3 is 0 Å². The van der Waals surface area contributed by atoms with Crippen LogP contribution in [0, 0.1) is 0 Å². The van der Waals surface area contributed by atoms with Crippen molar-refractivity contribution in [2.75, 3.05) is 19.4 Å². The van der Waals surface area contributed by atoms with Gasteiger partial charge in [0, 0.05) is 11.8 Å². The molecule has 1 unspecified atom stereocenters. The molecule has 2 rings (SSSR count). The highest BCUT2D eigenvalue weighted by atomic mass is 35.5. The maximum absolute atomic E-state index is 6.07. The third kappa shape index (κ3) is 3.86. The van der Waals surface area contributed by atoms with Crippen LogP contribution in [-0.4, -0.2) is 18.6 Å². The lowest BCUT2D eigenvalue weighted by Crippen LogP contribution is -2.24. The first-order chi connectivity index (χ1) is 10.2. The van der Waals surface area contributed by atoms with E-state index in [1.54, 1.807) is 13.3 Å². The second kappa shape index (κ2) is 7.29. The summed E-state index contributed by atoms with van der Waals surface area (Å²) >= 11 is 6.07. The zero-order chi connectivity index (χ0) is 15.2. The molecule has 1 aromatic heterocycles. The van der Waals surface area contributed by atoms with Gasteiger partial charge in [0.2, 0.25) is 0 Å². The highest BCUT2D eigenvalue weighted by Gasteiger charge is 2.18. The van der Waals surface area contributed by atoms with Crippen LogP contribution in [0.4, 0.5) is 5.82 Å². The Morgan fingerprint density at radius 3 is 2.90 bits per heavy atom. The van der Waals surface area contributed by atoms with Gasteiger partial charge in [0.25, 0.3) is 0 Å². The van der Waals surface area contributed by atoms with Crippen LogP contribution in [-0.2, 0) is 0 Å². The van der Waals surface area contributed by atoms with E-state index in [-0.39, 0.29) is 6.04 Å². The highest BCUT2D eigenvalue weighted by Crippen LogP contribution is 2.29. The Morgan fingerprint density at radius 2 is 2.19 bits per heavy atom. The predicted octanol–water partition coefficient (Wildman–Crippen LogP) is 3.41. The maximum Gasteiger partial charge on any atom is 0.128 e. The quantitative estimate of drug-likeness (QED) is 0.858. The van der Waals surface area contributed by atoms with E-state index in [0.717, 1.165) is 29.8 Å². The normalized spacial score (nSPS) is 12.1. The fourth-order valence-corrected chi connectivity index (χ4v) is 2.38. The molecule has 0 radical (unpaired) electrons. The number of methoxy groups -OCH3 is 1. The van der Waals surface area contributed by atoms with Crippen molar-refractivity contribution in [1.82, 2.24) is 10.3 Å². The van der Waals surface area contributed by atoms with E-state index >= 15 is 0 Å².